The summed E-state index contributed by atoms with van der Waals surface area (Å²) in [5, 5.41) is 5.85. The van der Waals surface area contributed by atoms with Crippen LogP contribution in [-0.2, 0) is 6.42 Å². The van der Waals surface area contributed by atoms with Crippen molar-refractivity contribution in [2.75, 3.05) is 18.1 Å². The van der Waals surface area contributed by atoms with Gasteiger partial charge in [0, 0.05) is 17.5 Å². The monoisotopic (exact) mass is 227 g/mol. The van der Waals surface area contributed by atoms with Gasteiger partial charge in [0.15, 0.2) is 0 Å². The molecule has 1 aromatic heterocycles. The smallest absolute Gasteiger partial charge is 0.0339 e. The summed E-state index contributed by atoms with van der Waals surface area (Å²) in [7, 11) is 0. The molecule has 0 aromatic carbocycles. The van der Waals surface area contributed by atoms with Crippen molar-refractivity contribution < 1.29 is 0 Å². The molecule has 0 saturated carbocycles. The van der Waals surface area contributed by atoms with Gasteiger partial charge in [0.1, 0.15) is 0 Å². The van der Waals surface area contributed by atoms with Crippen LogP contribution in [0.2, 0.25) is 0 Å². The average molecular weight is 227 g/mol. The van der Waals surface area contributed by atoms with Gasteiger partial charge in [0.05, 0.1) is 0 Å². The fourth-order valence-corrected chi connectivity index (χ4v) is 3.57. The van der Waals surface area contributed by atoms with Gasteiger partial charge in [-0.1, -0.05) is 6.92 Å². The van der Waals surface area contributed by atoms with Gasteiger partial charge in [-0.25, -0.2) is 0 Å². The molecule has 14 heavy (non-hydrogen) atoms. The van der Waals surface area contributed by atoms with Crippen molar-refractivity contribution in [1.82, 2.24) is 5.32 Å². The lowest BCUT2D eigenvalue weighted by Gasteiger charge is -2.24. The first-order valence-corrected chi connectivity index (χ1v) is 7.32. The summed E-state index contributed by atoms with van der Waals surface area (Å²) in [4.78, 5) is 1.61. The first-order chi connectivity index (χ1) is 6.92. The van der Waals surface area contributed by atoms with Crippen molar-refractivity contribution in [1.29, 1.82) is 0 Å². The Morgan fingerprint density at radius 1 is 1.64 bits per heavy atom. The van der Waals surface area contributed by atoms with Gasteiger partial charge >= 0.3 is 0 Å². The Morgan fingerprint density at radius 3 is 3.43 bits per heavy atom. The zero-order chi connectivity index (χ0) is 9.80. The lowest BCUT2D eigenvalue weighted by atomic mass is 10.0. The van der Waals surface area contributed by atoms with Crippen LogP contribution in [0.15, 0.2) is 11.4 Å². The average Bonchev–Trinajstić information content (AvgIpc) is 2.67. The molecule has 0 radical (unpaired) electrons. The number of rotatable bonds is 4. The number of thioether (sulfide) groups is 1. The summed E-state index contributed by atoms with van der Waals surface area (Å²) < 4.78 is 0. The van der Waals surface area contributed by atoms with Crippen LogP contribution in [0.1, 0.15) is 29.8 Å². The van der Waals surface area contributed by atoms with Gasteiger partial charge < -0.3 is 5.32 Å². The topological polar surface area (TPSA) is 12.0 Å². The van der Waals surface area contributed by atoms with E-state index in [9.17, 15) is 0 Å². The van der Waals surface area contributed by atoms with Crippen molar-refractivity contribution in [3.05, 3.63) is 21.9 Å². The van der Waals surface area contributed by atoms with Crippen molar-refractivity contribution in [2.45, 2.75) is 25.8 Å². The highest BCUT2D eigenvalue weighted by Gasteiger charge is 2.19. The van der Waals surface area contributed by atoms with Gasteiger partial charge in [0.25, 0.3) is 0 Å². The van der Waals surface area contributed by atoms with Crippen molar-refractivity contribution in [3.63, 3.8) is 0 Å². The molecule has 1 nitrogen and oxygen atoms in total. The lowest BCUT2D eigenvalue weighted by molar-refractivity contribution is 0.500. The highest BCUT2D eigenvalue weighted by Crippen LogP contribution is 2.30. The molecular formula is C11H17NS2. The maximum atomic E-state index is 3.61. The fourth-order valence-electron chi connectivity index (χ4n) is 1.94. The first-order valence-electron chi connectivity index (χ1n) is 5.29. The molecule has 1 aliphatic heterocycles. The molecule has 1 aromatic rings. The summed E-state index contributed by atoms with van der Waals surface area (Å²) in [5.41, 5.74) is 1.57. The molecule has 2 heterocycles. The molecule has 1 unspecified atom stereocenters. The van der Waals surface area contributed by atoms with Gasteiger partial charge in [-0.05, 0) is 41.4 Å². The largest absolute Gasteiger partial charge is 0.310 e. The summed E-state index contributed by atoms with van der Waals surface area (Å²) in [6.07, 6.45) is 2.51. The van der Waals surface area contributed by atoms with Crippen LogP contribution < -0.4 is 5.32 Å². The second-order valence-electron chi connectivity index (χ2n) is 3.54. The minimum Gasteiger partial charge on any atom is -0.310 e. The molecule has 0 fully saturated rings. The molecule has 0 spiro atoms. The van der Waals surface area contributed by atoms with E-state index in [1.807, 2.05) is 23.1 Å². The Kier molecular flexibility index (Phi) is 3.90. The predicted octanol–water partition coefficient (Wildman–Crippen LogP) is 3.08. The van der Waals surface area contributed by atoms with Gasteiger partial charge in [-0.3, -0.25) is 0 Å². The molecule has 1 N–H and O–H groups in total. The van der Waals surface area contributed by atoms with E-state index in [1.54, 1.807) is 10.4 Å². The second-order valence-corrected chi connectivity index (χ2v) is 5.94. The number of thiophene rings is 1. The van der Waals surface area contributed by atoms with E-state index < -0.39 is 0 Å². The third kappa shape index (κ3) is 2.33. The summed E-state index contributed by atoms with van der Waals surface area (Å²) in [5.74, 6) is 2.52. The van der Waals surface area contributed by atoms with Crippen LogP contribution in [-0.4, -0.2) is 18.1 Å². The van der Waals surface area contributed by atoms with Gasteiger partial charge in [0.2, 0.25) is 0 Å². The number of hydrogen-bond donors (Lipinski definition) is 1. The summed E-state index contributed by atoms with van der Waals surface area (Å²) in [6, 6.07) is 2.93. The van der Waals surface area contributed by atoms with E-state index in [1.165, 1.54) is 24.3 Å². The zero-order valence-corrected chi connectivity index (χ0v) is 10.2. The lowest BCUT2D eigenvalue weighted by Crippen LogP contribution is -2.29. The normalized spacial score (nSPS) is 20.8. The van der Waals surface area contributed by atoms with Crippen LogP contribution >= 0.6 is 23.1 Å². The highest BCUT2D eigenvalue weighted by atomic mass is 32.2. The van der Waals surface area contributed by atoms with E-state index in [-0.39, 0.29) is 0 Å². The highest BCUT2D eigenvalue weighted by molar-refractivity contribution is 7.99. The van der Waals surface area contributed by atoms with Crippen molar-refractivity contribution in [2.24, 2.45) is 0 Å². The van der Waals surface area contributed by atoms with E-state index in [0.29, 0.717) is 6.04 Å². The third-order valence-electron chi connectivity index (χ3n) is 2.65. The zero-order valence-electron chi connectivity index (χ0n) is 8.58. The van der Waals surface area contributed by atoms with E-state index in [4.69, 9.17) is 0 Å². The SMILES string of the molecule is CCSCCC1NCCc2sccc21. The Balaban J connectivity index is 1.94. The Hall–Kier alpha value is 0.0100. The maximum absolute atomic E-state index is 3.61. The Bertz CT molecular complexity index is 283. The van der Waals surface area contributed by atoms with Crippen LogP contribution in [0.5, 0.6) is 0 Å². The van der Waals surface area contributed by atoms with E-state index in [2.05, 4.69) is 23.7 Å². The quantitative estimate of drug-likeness (QED) is 0.793. The molecule has 0 aliphatic carbocycles. The first kappa shape index (κ1) is 10.5. The molecule has 0 bridgehead atoms. The second kappa shape index (κ2) is 5.19. The predicted molar refractivity (Wildman–Crippen MR) is 66.4 cm³/mol. The van der Waals surface area contributed by atoms with Crippen LogP contribution in [0, 0.1) is 0 Å². The fraction of sp³-hybridized carbons (Fsp3) is 0.636. The van der Waals surface area contributed by atoms with E-state index >= 15 is 0 Å². The molecule has 0 saturated heterocycles. The van der Waals surface area contributed by atoms with Crippen molar-refractivity contribution in [3.8, 4) is 0 Å². The Morgan fingerprint density at radius 2 is 2.57 bits per heavy atom. The standard InChI is InChI=1S/C11H17NS2/c1-2-13-7-5-10-9-4-8-14-11(9)3-6-12-10/h4,8,10,12H,2-3,5-7H2,1H3. The van der Waals surface area contributed by atoms with Crippen LogP contribution in [0.4, 0.5) is 0 Å². The molecule has 2 rings (SSSR count). The number of fused-ring (bicyclic) bond motifs is 1. The molecule has 3 heteroatoms. The summed E-state index contributed by atoms with van der Waals surface area (Å²) in [6.45, 7) is 3.39. The number of hydrogen-bond acceptors (Lipinski definition) is 3. The third-order valence-corrected chi connectivity index (χ3v) is 4.58. The van der Waals surface area contributed by atoms with Crippen LogP contribution in [0.25, 0.3) is 0 Å². The molecule has 0 amide bonds. The molecule has 1 atom stereocenters. The molecule has 1 aliphatic rings. The van der Waals surface area contributed by atoms with E-state index in [0.717, 1.165) is 6.54 Å². The minimum absolute atomic E-state index is 0.629. The minimum atomic E-state index is 0.629. The summed E-state index contributed by atoms with van der Waals surface area (Å²) >= 11 is 3.96. The van der Waals surface area contributed by atoms with Gasteiger partial charge in [-0.15, -0.1) is 11.3 Å². The Labute approximate surface area is 94.3 Å². The van der Waals surface area contributed by atoms with Crippen LogP contribution in [0.3, 0.4) is 0 Å². The molecular weight excluding hydrogens is 210 g/mol. The molecule has 78 valence electrons. The number of nitrogens with one attached hydrogen (secondary N) is 1. The van der Waals surface area contributed by atoms with Crippen molar-refractivity contribution >= 4 is 23.1 Å². The maximum Gasteiger partial charge on any atom is 0.0339 e. The van der Waals surface area contributed by atoms with Gasteiger partial charge in [-0.2, -0.15) is 11.8 Å².